The maximum atomic E-state index is 11.7. The molecule has 0 radical (unpaired) electrons. The van der Waals surface area contributed by atoms with E-state index >= 15 is 0 Å². The Morgan fingerprint density at radius 1 is 1.38 bits per heavy atom. The molecule has 1 aliphatic rings. The first kappa shape index (κ1) is 18.0. The molecule has 2 aromatic rings. The molecular weight excluding hydrogens is 334 g/mol. The zero-order valence-corrected chi connectivity index (χ0v) is 15.0. The SMILES string of the molecule is CN1CCC(N(C)c2ncnc(NCc3cccnc3)c2[N+](=O)[O-])CC1. The number of nitro groups is 1. The molecule has 0 amide bonds. The summed E-state index contributed by atoms with van der Waals surface area (Å²) in [5.41, 5.74) is 0.837. The summed E-state index contributed by atoms with van der Waals surface area (Å²) in [4.78, 5) is 27.9. The monoisotopic (exact) mass is 357 g/mol. The van der Waals surface area contributed by atoms with Crippen molar-refractivity contribution in [3.8, 4) is 0 Å². The number of hydrogen-bond donors (Lipinski definition) is 1. The Morgan fingerprint density at radius 2 is 2.15 bits per heavy atom. The van der Waals surface area contributed by atoms with Gasteiger partial charge < -0.3 is 15.1 Å². The number of anilines is 2. The van der Waals surface area contributed by atoms with E-state index in [1.54, 1.807) is 12.4 Å². The summed E-state index contributed by atoms with van der Waals surface area (Å²) < 4.78 is 0. The second-order valence-electron chi connectivity index (χ2n) is 6.51. The van der Waals surface area contributed by atoms with E-state index in [2.05, 4.69) is 32.2 Å². The molecule has 0 aromatic carbocycles. The van der Waals surface area contributed by atoms with Gasteiger partial charge in [0.25, 0.3) is 0 Å². The molecule has 0 unspecified atom stereocenters. The Kier molecular flexibility index (Phi) is 5.57. The van der Waals surface area contributed by atoms with Crippen LogP contribution in [0, 0.1) is 10.1 Å². The minimum Gasteiger partial charge on any atom is -0.360 e. The van der Waals surface area contributed by atoms with E-state index in [4.69, 9.17) is 0 Å². The van der Waals surface area contributed by atoms with Crippen LogP contribution in [0.15, 0.2) is 30.9 Å². The number of piperidine rings is 1. The minimum absolute atomic E-state index is 0.0854. The number of nitrogens with one attached hydrogen (secondary N) is 1. The lowest BCUT2D eigenvalue weighted by Crippen LogP contribution is -2.42. The van der Waals surface area contributed by atoms with Gasteiger partial charge in [-0.1, -0.05) is 6.07 Å². The third-order valence-electron chi connectivity index (χ3n) is 4.74. The fourth-order valence-electron chi connectivity index (χ4n) is 3.17. The summed E-state index contributed by atoms with van der Waals surface area (Å²) in [6.45, 7) is 2.35. The van der Waals surface area contributed by atoms with Crippen molar-refractivity contribution in [3.05, 3.63) is 46.5 Å². The number of likely N-dealkylation sites (tertiary alicyclic amines) is 1. The largest absolute Gasteiger partial charge is 0.360 e. The predicted octanol–water partition coefficient (Wildman–Crippen LogP) is 1.92. The van der Waals surface area contributed by atoms with Crippen molar-refractivity contribution in [1.29, 1.82) is 0 Å². The smallest absolute Gasteiger partial charge is 0.353 e. The van der Waals surface area contributed by atoms with Crippen molar-refractivity contribution in [2.24, 2.45) is 0 Å². The molecule has 0 bridgehead atoms. The van der Waals surface area contributed by atoms with Gasteiger partial charge >= 0.3 is 5.69 Å². The lowest BCUT2D eigenvalue weighted by Gasteiger charge is -2.35. The van der Waals surface area contributed by atoms with E-state index in [0.29, 0.717) is 12.4 Å². The molecule has 1 N–H and O–H groups in total. The molecule has 2 aromatic heterocycles. The highest BCUT2D eigenvalue weighted by molar-refractivity contribution is 5.70. The zero-order valence-electron chi connectivity index (χ0n) is 15.0. The van der Waals surface area contributed by atoms with E-state index in [9.17, 15) is 10.1 Å². The van der Waals surface area contributed by atoms with E-state index in [-0.39, 0.29) is 17.5 Å². The molecule has 1 fully saturated rings. The van der Waals surface area contributed by atoms with Crippen molar-refractivity contribution in [2.45, 2.75) is 25.4 Å². The van der Waals surface area contributed by atoms with Crippen LogP contribution in [0.1, 0.15) is 18.4 Å². The molecule has 26 heavy (non-hydrogen) atoms. The van der Waals surface area contributed by atoms with Gasteiger partial charge in [0.05, 0.1) is 4.92 Å². The van der Waals surface area contributed by atoms with Crippen molar-refractivity contribution in [1.82, 2.24) is 19.9 Å². The number of rotatable bonds is 6. The summed E-state index contributed by atoms with van der Waals surface area (Å²) in [5.74, 6) is 0.580. The van der Waals surface area contributed by atoms with Crippen LogP contribution < -0.4 is 10.2 Å². The van der Waals surface area contributed by atoms with Crippen LogP contribution in [0.5, 0.6) is 0 Å². The summed E-state index contributed by atoms with van der Waals surface area (Å²) in [6.07, 6.45) is 6.68. The summed E-state index contributed by atoms with van der Waals surface area (Å²) in [7, 11) is 3.96. The highest BCUT2D eigenvalue weighted by Crippen LogP contribution is 2.33. The standard InChI is InChI=1S/C17H23N7O2/c1-22-8-5-14(6-9-22)23(2)17-15(24(25)26)16(20-12-21-17)19-11-13-4-3-7-18-10-13/h3-4,7,10,12,14H,5-6,8-9,11H2,1-2H3,(H,19,20,21). The second-order valence-corrected chi connectivity index (χ2v) is 6.51. The zero-order chi connectivity index (χ0) is 18.5. The topological polar surface area (TPSA) is 100 Å². The molecule has 138 valence electrons. The fraction of sp³-hybridized carbons (Fsp3) is 0.471. The van der Waals surface area contributed by atoms with E-state index in [0.717, 1.165) is 31.5 Å². The first-order chi connectivity index (χ1) is 12.6. The van der Waals surface area contributed by atoms with E-state index < -0.39 is 4.92 Å². The summed E-state index contributed by atoms with van der Waals surface area (Å²) >= 11 is 0. The number of aromatic nitrogens is 3. The van der Waals surface area contributed by atoms with Gasteiger partial charge in [0, 0.05) is 32.0 Å². The van der Waals surface area contributed by atoms with Gasteiger partial charge in [0.2, 0.25) is 11.6 Å². The third kappa shape index (κ3) is 4.05. The van der Waals surface area contributed by atoms with Crippen LogP contribution in [0.4, 0.5) is 17.3 Å². The Morgan fingerprint density at radius 3 is 2.81 bits per heavy atom. The molecule has 9 nitrogen and oxygen atoms in total. The van der Waals surface area contributed by atoms with Crippen molar-refractivity contribution >= 4 is 17.3 Å². The average Bonchev–Trinajstić information content (AvgIpc) is 2.66. The highest BCUT2D eigenvalue weighted by atomic mass is 16.6. The average molecular weight is 357 g/mol. The minimum atomic E-state index is -0.410. The van der Waals surface area contributed by atoms with Crippen molar-refractivity contribution < 1.29 is 4.92 Å². The summed E-state index contributed by atoms with van der Waals surface area (Å²) in [5, 5.41) is 14.8. The van der Waals surface area contributed by atoms with Crippen molar-refractivity contribution in [3.63, 3.8) is 0 Å². The van der Waals surface area contributed by atoms with Gasteiger partial charge in [-0.05, 0) is 44.6 Å². The van der Waals surface area contributed by atoms with Crippen LogP contribution in [0.2, 0.25) is 0 Å². The maximum absolute atomic E-state index is 11.7. The fourth-order valence-corrected chi connectivity index (χ4v) is 3.17. The molecule has 1 aliphatic heterocycles. The Balaban J connectivity index is 1.82. The van der Waals surface area contributed by atoms with Crippen LogP contribution in [-0.4, -0.2) is 58.0 Å². The maximum Gasteiger partial charge on any atom is 0.353 e. The second kappa shape index (κ2) is 8.05. The molecule has 0 saturated carbocycles. The molecule has 0 aliphatic carbocycles. The van der Waals surface area contributed by atoms with Gasteiger partial charge in [0.1, 0.15) is 6.33 Å². The molecular formula is C17H23N7O2. The molecule has 3 rings (SSSR count). The third-order valence-corrected chi connectivity index (χ3v) is 4.74. The van der Waals surface area contributed by atoms with Crippen LogP contribution in [-0.2, 0) is 6.54 Å². The Hall–Kier alpha value is -2.81. The van der Waals surface area contributed by atoms with Gasteiger partial charge in [-0.2, -0.15) is 0 Å². The number of nitrogens with zero attached hydrogens (tertiary/aromatic N) is 6. The number of hydrogen-bond acceptors (Lipinski definition) is 8. The molecule has 1 saturated heterocycles. The summed E-state index contributed by atoms with van der Waals surface area (Å²) in [6, 6.07) is 3.95. The Bertz CT molecular complexity index is 748. The molecule has 9 heteroatoms. The number of pyridine rings is 1. The normalized spacial score (nSPS) is 15.6. The van der Waals surface area contributed by atoms with Crippen LogP contribution >= 0.6 is 0 Å². The molecule has 0 spiro atoms. The van der Waals surface area contributed by atoms with Gasteiger partial charge in [-0.15, -0.1) is 0 Å². The van der Waals surface area contributed by atoms with E-state index in [1.165, 1.54) is 6.33 Å². The first-order valence-corrected chi connectivity index (χ1v) is 8.60. The lowest BCUT2D eigenvalue weighted by atomic mass is 10.0. The highest BCUT2D eigenvalue weighted by Gasteiger charge is 2.30. The molecule has 0 atom stereocenters. The van der Waals surface area contributed by atoms with Crippen LogP contribution in [0.3, 0.4) is 0 Å². The Labute approximate surface area is 152 Å². The first-order valence-electron chi connectivity index (χ1n) is 8.60. The van der Waals surface area contributed by atoms with Gasteiger partial charge in [0.15, 0.2) is 0 Å². The van der Waals surface area contributed by atoms with Crippen molar-refractivity contribution in [2.75, 3.05) is 37.4 Å². The quantitative estimate of drug-likeness (QED) is 0.618. The molecule has 3 heterocycles. The van der Waals surface area contributed by atoms with Gasteiger partial charge in [-0.25, -0.2) is 9.97 Å². The van der Waals surface area contributed by atoms with E-state index in [1.807, 2.05) is 24.1 Å². The predicted molar refractivity (Wildman–Crippen MR) is 99.2 cm³/mol. The lowest BCUT2D eigenvalue weighted by molar-refractivity contribution is -0.383. The van der Waals surface area contributed by atoms with Gasteiger partial charge in [-0.3, -0.25) is 15.1 Å². The van der Waals surface area contributed by atoms with Crippen LogP contribution in [0.25, 0.3) is 0 Å².